The molecule has 0 saturated carbocycles. The molecular weight excluding hydrogens is 235 g/mol. The van der Waals surface area contributed by atoms with Gasteiger partial charge in [0, 0.05) is 0 Å². The van der Waals surface area contributed by atoms with Crippen molar-refractivity contribution in [1.82, 2.24) is 0 Å². The molecule has 3 nitrogen and oxygen atoms in total. The number of hydrogen-bond donors (Lipinski definition) is 2. The molecule has 0 bridgehead atoms. The zero-order valence-corrected chi connectivity index (χ0v) is 10.9. The van der Waals surface area contributed by atoms with Crippen LogP contribution in [-0.4, -0.2) is 29.0 Å². The van der Waals surface area contributed by atoms with Gasteiger partial charge in [0.15, 0.2) is 0 Å². The largest absolute Gasteiger partial charge is 0.493 e. The number of hydrogen-bond acceptors (Lipinski definition) is 3. The number of halogens is 1. The summed E-state index contributed by atoms with van der Waals surface area (Å²) >= 11 is 0. The van der Waals surface area contributed by atoms with Crippen LogP contribution in [-0.2, 0) is 6.42 Å². The maximum atomic E-state index is 13.2. The van der Waals surface area contributed by atoms with Crippen molar-refractivity contribution in [2.45, 2.75) is 45.3 Å². The molecule has 2 atom stereocenters. The molecule has 0 aromatic heterocycles. The van der Waals surface area contributed by atoms with E-state index in [2.05, 4.69) is 0 Å². The van der Waals surface area contributed by atoms with Crippen molar-refractivity contribution in [2.75, 3.05) is 6.61 Å². The van der Waals surface area contributed by atoms with Crippen LogP contribution in [0.15, 0.2) is 18.2 Å². The highest BCUT2D eigenvalue weighted by Gasteiger charge is 2.13. The normalized spacial score (nSPS) is 14.3. The van der Waals surface area contributed by atoms with E-state index in [1.807, 2.05) is 6.92 Å². The third-order valence-corrected chi connectivity index (χ3v) is 2.75. The molecule has 0 radical (unpaired) electrons. The van der Waals surface area contributed by atoms with Gasteiger partial charge < -0.3 is 14.9 Å². The standard InChI is InChI=1S/C14H21FO3/c1-3-8-18-14-7-5-12(15)9-11(14)4-6-13(17)10(2)16/h5,7,9-10,13,16-17H,3-4,6,8H2,1-2H3. The molecule has 102 valence electrons. The summed E-state index contributed by atoms with van der Waals surface area (Å²) in [7, 11) is 0. The molecule has 2 unspecified atom stereocenters. The Hall–Kier alpha value is -1.13. The average Bonchev–Trinajstić information content (AvgIpc) is 2.34. The topological polar surface area (TPSA) is 49.7 Å². The Balaban J connectivity index is 2.69. The molecule has 0 aliphatic carbocycles. The highest BCUT2D eigenvalue weighted by Crippen LogP contribution is 2.22. The Morgan fingerprint density at radius 3 is 2.67 bits per heavy atom. The molecule has 0 saturated heterocycles. The summed E-state index contributed by atoms with van der Waals surface area (Å²) in [6, 6.07) is 4.38. The summed E-state index contributed by atoms with van der Waals surface area (Å²) in [5.41, 5.74) is 0.725. The molecule has 0 amide bonds. The van der Waals surface area contributed by atoms with E-state index in [1.54, 1.807) is 6.07 Å². The fraction of sp³-hybridized carbons (Fsp3) is 0.571. The summed E-state index contributed by atoms with van der Waals surface area (Å²) in [4.78, 5) is 0. The molecule has 2 N–H and O–H groups in total. The number of aliphatic hydroxyl groups is 2. The predicted octanol–water partition coefficient (Wildman–Crippen LogP) is 2.29. The lowest BCUT2D eigenvalue weighted by atomic mass is 10.0. The molecule has 0 heterocycles. The highest BCUT2D eigenvalue weighted by molar-refractivity contribution is 5.34. The van der Waals surface area contributed by atoms with Crippen LogP contribution in [0.4, 0.5) is 4.39 Å². The average molecular weight is 256 g/mol. The first-order valence-electron chi connectivity index (χ1n) is 6.32. The Morgan fingerprint density at radius 2 is 2.06 bits per heavy atom. The van der Waals surface area contributed by atoms with E-state index < -0.39 is 12.2 Å². The first-order chi connectivity index (χ1) is 8.54. The van der Waals surface area contributed by atoms with Gasteiger partial charge >= 0.3 is 0 Å². The fourth-order valence-corrected chi connectivity index (χ4v) is 1.64. The Labute approximate surface area is 107 Å². The van der Waals surface area contributed by atoms with Gasteiger partial charge in [0.05, 0.1) is 18.8 Å². The van der Waals surface area contributed by atoms with Crippen molar-refractivity contribution < 1.29 is 19.3 Å². The van der Waals surface area contributed by atoms with E-state index in [9.17, 15) is 14.6 Å². The Morgan fingerprint density at radius 1 is 1.33 bits per heavy atom. The minimum atomic E-state index is -0.799. The number of rotatable bonds is 7. The van der Waals surface area contributed by atoms with Crippen LogP contribution in [0.25, 0.3) is 0 Å². The van der Waals surface area contributed by atoms with Gasteiger partial charge in [-0.25, -0.2) is 4.39 Å². The first-order valence-corrected chi connectivity index (χ1v) is 6.32. The summed E-state index contributed by atoms with van der Waals surface area (Å²) in [6.07, 6.45) is 0.158. The van der Waals surface area contributed by atoms with Gasteiger partial charge in [0.25, 0.3) is 0 Å². The molecule has 0 fully saturated rings. The third-order valence-electron chi connectivity index (χ3n) is 2.75. The smallest absolute Gasteiger partial charge is 0.123 e. The molecular formula is C14H21FO3. The maximum Gasteiger partial charge on any atom is 0.123 e. The Kier molecular flexibility index (Phi) is 6.09. The number of benzene rings is 1. The van der Waals surface area contributed by atoms with Gasteiger partial charge in [-0.05, 0) is 49.9 Å². The van der Waals surface area contributed by atoms with Gasteiger partial charge in [0.2, 0.25) is 0 Å². The second-order valence-corrected chi connectivity index (χ2v) is 4.45. The lowest BCUT2D eigenvalue weighted by molar-refractivity contribution is 0.0264. The highest BCUT2D eigenvalue weighted by atomic mass is 19.1. The number of aliphatic hydroxyl groups excluding tert-OH is 2. The Bertz CT molecular complexity index is 366. The second-order valence-electron chi connectivity index (χ2n) is 4.45. The molecule has 0 spiro atoms. The summed E-state index contributed by atoms with van der Waals surface area (Å²) < 4.78 is 18.7. The van der Waals surface area contributed by atoms with Crippen LogP contribution in [0.5, 0.6) is 5.75 Å². The monoisotopic (exact) mass is 256 g/mol. The fourth-order valence-electron chi connectivity index (χ4n) is 1.64. The van der Waals surface area contributed by atoms with Crippen LogP contribution < -0.4 is 4.74 Å². The van der Waals surface area contributed by atoms with E-state index in [1.165, 1.54) is 19.1 Å². The van der Waals surface area contributed by atoms with Crippen molar-refractivity contribution >= 4 is 0 Å². The maximum absolute atomic E-state index is 13.2. The van der Waals surface area contributed by atoms with Crippen molar-refractivity contribution in [3.63, 3.8) is 0 Å². The minimum Gasteiger partial charge on any atom is -0.493 e. The van der Waals surface area contributed by atoms with E-state index in [4.69, 9.17) is 4.74 Å². The number of aryl methyl sites for hydroxylation is 1. The summed E-state index contributed by atoms with van der Waals surface area (Å²) in [5, 5.41) is 18.7. The quantitative estimate of drug-likeness (QED) is 0.787. The molecule has 1 rings (SSSR count). The van der Waals surface area contributed by atoms with Gasteiger partial charge in [-0.1, -0.05) is 6.92 Å². The van der Waals surface area contributed by atoms with E-state index >= 15 is 0 Å². The van der Waals surface area contributed by atoms with Crippen molar-refractivity contribution in [1.29, 1.82) is 0 Å². The zero-order valence-electron chi connectivity index (χ0n) is 10.9. The van der Waals surface area contributed by atoms with Crippen molar-refractivity contribution in [3.05, 3.63) is 29.6 Å². The molecule has 0 aliphatic rings. The molecule has 1 aromatic rings. The molecule has 1 aromatic carbocycles. The SMILES string of the molecule is CCCOc1ccc(F)cc1CCC(O)C(C)O. The van der Waals surface area contributed by atoms with E-state index in [0.717, 1.165) is 12.0 Å². The summed E-state index contributed by atoms with van der Waals surface area (Å²) in [5.74, 6) is 0.330. The van der Waals surface area contributed by atoms with Crippen LogP contribution in [0.1, 0.15) is 32.3 Å². The lowest BCUT2D eigenvalue weighted by Gasteiger charge is -2.15. The van der Waals surface area contributed by atoms with Crippen LogP contribution in [0, 0.1) is 5.82 Å². The van der Waals surface area contributed by atoms with E-state index in [-0.39, 0.29) is 5.82 Å². The van der Waals surface area contributed by atoms with Crippen LogP contribution in [0.3, 0.4) is 0 Å². The van der Waals surface area contributed by atoms with Gasteiger partial charge in [0.1, 0.15) is 11.6 Å². The molecule has 0 aliphatic heterocycles. The molecule has 18 heavy (non-hydrogen) atoms. The van der Waals surface area contributed by atoms with Gasteiger partial charge in [-0.3, -0.25) is 0 Å². The van der Waals surface area contributed by atoms with Crippen molar-refractivity contribution in [2.24, 2.45) is 0 Å². The summed E-state index contributed by atoms with van der Waals surface area (Å²) in [6.45, 7) is 4.11. The zero-order chi connectivity index (χ0) is 13.5. The van der Waals surface area contributed by atoms with Crippen LogP contribution >= 0.6 is 0 Å². The third kappa shape index (κ3) is 4.63. The minimum absolute atomic E-state index is 0.319. The van der Waals surface area contributed by atoms with E-state index in [0.29, 0.717) is 25.2 Å². The second kappa shape index (κ2) is 7.34. The predicted molar refractivity (Wildman–Crippen MR) is 68.2 cm³/mol. The van der Waals surface area contributed by atoms with Crippen LogP contribution in [0.2, 0.25) is 0 Å². The number of ether oxygens (including phenoxy) is 1. The van der Waals surface area contributed by atoms with Crippen molar-refractivity contribution in [3.8, 4) is 5.75 Å². The molecule has 4 heteroatoms. The van der Waals surface area contributed by atoms with Gasteiger partial charge in [-0.2, -0.15) is 0 Å². The van der Waals surface area contributed by atoms with Gasteiger partial charge in [-0.15, -0.1) is 0 Å². The lowest BCUT2D eigenvalue weighted by Crippen LogP contribution is -2.23. The first kappa shape index (κ1) is 14.9.